The van der Waals surface area contributed by atoms with Gasteiger partial charge in [0.2, 0.25) is 5.91 Å². The molecule has 0 bridgehead atoms. The molecule has 1 amide bonds. The minimum atomic E-state index is 0.113. The Morgan fingerprint density at radius 3 is 2.46 bits per heavy atom. The van der Waals surface area contributed by atoms with E-state index in [9.17, 15) is 4.79 Å². The molecule has 1 aliphatic heterocycles. The maximum atomic E-state index is 11.3. The molecule has 0 atom stereocenters. The molecule has 0 aromatic heterocycles. The molecule has 1 radical (unpaired) electrons. The molecule has 13 heavy (non-hydrogen) atoms. The van der Waals surface area contributed by atoms with Crippen molar-refractivity contribution in [3.8, 4) is 0 Å². The predicted molar refractivity (Wildman–Crippen MR) is 55.4 cm³/mol. The van der Waals surface area contributed by atoms with Crippen LogP contribution in [0.4, 0.5) is 5.69 Å². The Balaban J connectivity index is 2.25. The van der Waals surface area contributed by atoms with E-state index >= 15 is 0 Å². The third-order valence-electron chi connectivity index (χ3n) is 2.08. The van der Waals surface area contributed by atoms with Gasteiger partial charge in [-0.25, -0.2) is 0 Å². The summed E-state index contributed by atoms with van der Waals surface area (Å²) >= 11 is 3.36. The van der Waals surface area contributed by atoms with Crippen molar-refractivity contribution >= 4 is 27.5 Å². The predicted octanol–water partition coefficient (Wildman–Crippen LogP) is 2.39. The molecule has 2 nitrogen and oxygen atoms in total. The van der Waals surface area contributed by atoms with Gasteiger partial charge in [-0.2, -0.15) is 0 Å². The lowest BCUT2D eigenvalue weighted by atomic mass is 10.3. The molecule has 1 fully saturated rings. The first-order valence-electron chi connectivity index (χ1n) is 4.17. The van der Waals surface area contributed by atoms with Crippen molar-refractivity contribution in [2.24, 2.45) is 0 Å². The van der Waals surface area contributed by atoms with Gasteiger partial charge in [0.05, 0.1) is 6.42 Å². The molecule has 1 saturated heterocycles. The van der Waals surface area contributed by atoms with Crippen LogP contribution in [0.25, 0.3) is 0 Å². The molecule has 0 unspecified atom stereocenters. The third-order valence-corrected chi connectivity index (χ3v) is 2.60. The zero-order valence-electron chi connectivity index (χ0n) is 7.03. The average Bonchev–Trinajstić information content (AvgIpc) is 2.53. The van der Waals surface area contributed by atoms with E-state index in [4.69, 9.17) is 0 Å². The number of hydrogen-bond donors (Lipinski definition) is 0. The second-order valence-corrected chi connectivity index (χ2v) is 3.87. The first-order valence-corrected chi connectivity index (χ1v) is 4.97. The normalized spacial score (nSPS) is 16.7. The van der Waals surface area contributed by atoms with E-state index in [1.807, 2.05) is 24.3 Å². The van der Waals surface area contributed by atoms with E-state index in [0.717, 1.165) is 23.1 Å². The Bertz CT molecular complexity index is 320. The Morgan fingerprint density at radius 2 is 1.92 bits per heavy atom. The average molecular weight is 239 g/mol. The molecule has 1 heterocycles. The van der Waals surface area contributed by atoms with Crippen LogP contribution in [0.2, 0.25) is 0 Å². The van der Waals surface area contributed by atoms with Crippen LogP contribution < -0.4 is 4.90 Å². The van der Waals surface area contributed by atoms with Crippen molar-refractivity contribution in [2.75, 3.05) is 11.4 Å². The van der Waals surface area contributed by atoms with Crippen LogP contribution in [0.1, 0.15) is 6.42 Å². The molecule has 0 N–H and O–H groups in total. The van der Waals surface area contributed by atoms with Crippen molar-refractivity contribution < 1.29 is 4.79 Å². The van der Waals surface area contributed by atoms with Gasteiger partial charge in [-0.1, -0.05) is 15.9 Å². The summed E-state index contributed by atoms with van der Waals surface area (Å²) in [5, 5.41) is 0. The van der Waals surface area contributed by atoms with Crippen molar-refractivity contribution in [3.63, 3.8) is 0 Å². The lowest BCUT2D eigenvalue weighted by Crippen LogP contribution is -2.23. The maximum absolute atomic E-state index is 11.3. The van der Waals surface area contributed by atoms with E-state index in [-0.39, 0.29) is 5.91 Å². The molecule has 2 rings (SSSR count). The third kappa shape index (κ3) is 1.75. The van der Waals surface area contributed by atoms with Crippen molar-refractivity contribution in [2.45, 2.75) is 6.42 Å². The molecule has 1 aromatic carbocycles. The largest absolute Gasteiger partial charge is 0.312 e. The van der Waals surface area contributed by atoms with Crippen LogP contribution in [0, 0.1) is 6.42 Å². The minimum absolute atomic E-state index is 0.113. The minimum Gasteiger partial charge on any atom is -0.312 e. The highest BCUT2D eigenvalue weighted by molar-refractivity contribution is 9.10. The Labute approximate surface area is 85.7 Å². The summed E-state index contributed by atoms with van der Waals surface area (Å²) in [6, 6.07) is 7.78. The monoisotopic (exact) mass is 238 g/mol. The summed E-state index contributed by atoms with van der Waals surface area (Å²) in [7, 11) is 0. The highest BCUT2D eigenvalue weighted by Gasteiger charge is 2.21. The maximum Gasteiger partial charge on any atom is 0.230 e. The molecular weight excluding hydrogens is 230 g/mol. The highest BCUT2D eigenvalue weighted by atomic mass is 79.9. The van der Waals surface area contributed by atoms with Gasteiger partial charge < -0.3 is 4.90 Å². The summed E-state index contributed by atoms with van der Waals surface area (Å²) in [6.07, 6.45) is 2.58. The number of nitrogens with zero attached hydrogens (tertiary/aromatic N) is 1. The van der Waals surface area contributed by atoms with Crippen LogP contribution in [-0.4, -0.2) is 12.5 Å². The smallest absolute Gasteiger partial charge is 0.230 e. The van der Waals surface area contributed by atoms with Gasteiger partial charge in [0, 0.05) is 16.7 Å². The van der Waals surface area contributed by atoms with Gasteiger partial charge in [-0.05, 0) is 30.7 Å². The fourth-order valence-corrected chi connectivity index (χ4v) is 1.68. The van der Waals surface area contributed by atoms with E-state index in [1.54, 1.807) is 11.3 Å². The van der Waals surface area contributed by atoms with Gasteiger partial charge in [-0.3, -0.25) is 4.79 Å². The van der Waals surface area contributed by atoms with Crippen molar-refractivity contribution in [3.05, 3.63) is 35.2 Å². The lowest BCUT2D eigenvalue weighted by Gasteiger charge is -2.14. The number of hydrogen-bond acceptors (Lipinski definition) is 1. The molecular formula is C10H9BrNO. The lowest BCUT2D eigenvalue weighted by molar-refractivity contribution is -0.114. The highest BCUT2D eigenvalue weighted by Crippen LogP contribution is 2.22. The van der Waals surface area contributed by atoms with E-state index < -0.39 is 0 Å². The number of rotatable bonds is 1. The SMILES string of the molecule is O=C1[CH]CCN1c1ccc(Br)cc1. The summed E-state index contributed by atoms with van der Waals surface area (Å²) < 4.78 is 1.03. The van der Waals surface area contributed by atoms with Gasteiger partial charge in [-0.15, -0.1) is 0 Å². The fraction of sp³-hybridized carbons (Fsp3) is 0.200. The molecule has 1 aromatic rings. The van der Waals surface area contributed by atoms with Crippen LogP contribution >= 0.6 is 15.9 Å². The van der Waals surface area contributed by atoms with Gasteiger partial charge in [0.25, 0.3) is 0 Å². The number of amides is 1. The van der Waals surface area contributed by atoms with Crippen LogP contribution in [0.3, 0.4) is 0 Å². The molecule has 0 aliphatic carbocycles. The molecule has 0 saturated carbocycles. The zero-order chi connectivity index (χ0) is 9.26. The van der Waals surface area contributed by atoms with Crippen LogP contribution in [0.15, 0.2) is 28.7 Å². The fourth-order valence-electron chi connectivity index (χ4n) is 1.41. The Kier molecular flexibility index (Phi) is 2.36. The Morgan fingerprint density at radius 1 is 1.23 bits per heavy atom. The Hall–Kier alpha value is -0.830. The first kappa shape index (κ1) is 8.75. The molecule has 3 heteroatoms. The molecule has 67 valence electrons. The van der Waals surface area contributed by atoms with Crippen LogP contribution in [-0.2, 0) is 4.79 Å². The van der Waals surface area contributed by atoms with Gasteiger partial charge in [0.1, 0.15) is 0 Å². The number of anilines is 1. The number of carbonyl (C=O) groups excluding carboxylic acids is 1. The van der Waals surface area contributed by atoms with E-state index in [2.05, 4.69) is 15.9 Å². The van der Waals surface area contributed by atoms with Crippen LogP contribution in [0.5, 0.6) is 0 Å². The number of benzene rings is 1. The first-order chi connectivity index (χ1) is 6.27. The second kappa shape index (κ2) is 3.50. The summed E-state index contributed by atoms with van der Waals surface area (Å²) in [5.74, 6) is 0.113. The van der Waals surface area contributed by atoms with Crippen molar-refractivity contribution in [1.82, 2.24) is 0 Å². The molecule has 0 spiro atoms. The van der Waals surface area contributed by atoms with Crippen molar-refractivity contribution in [1.29, 1.82) is 0 Å². The van der Waals surface area contributed by atoms with Gasteiger partial charge in [0.15, 0.2) is 0 Å². The molecule has 1 aliphatic rings. The summed E-state index contributed by atoms with van der Waals surface area (Å²) in [4.78, 5) is 13.1. The number of carbonyl (C=O) groups is 1. The quantitative estimate of drug-likeness (QED) is 0.736. The standard InChI is InChI=1S/C10H9BrNO/c11-8-3-5-9(6-4-8)12-7-1-2-10(12)13/h2-6H,1,7H2. The van der Waals surface area contributed by atoms with Gasteiger partial charge >= 0.3 is 0 Å². The van der Waals surface area contributed by atoms with E-state index in [0.29, 0.717) is 0 Å². The second-order valence-electron chi connectivity index (χ2n) is 2.96. The zero-order valence-corrected chi connectivity index (χ0v) is 8.62. The summed E-state index contributed by atoms with van der Waals surface area (Å²) in [5.41, 5.74) is 0.974. The van der Waals surface area contributed by atoms with E-state index in [1.165, 1.54) is 0 Å². The topological polar surface area (TPSA) is 20.3 Å². The number of halogens is 1. The summed E-state index contributed by atoms with van der Waals surface area (Å²) in [6.45, 7) is 0.806.